The molecule has 0 aliphatic carbocycles. The van der Waals surface area contributed by atoms with Crippen molar-refractivity contribution in [3.8, 4) is 18.1 Å². The predicted molar refractivity (Wildman–Crippen MR) is 60.4 cm³/mol. The number of aliphatic carboxylic acids is 1. The van der Waals surface area contributed by atoms with Gasteiger partial charge in [0, 0.05) is 0 Å². The van der Waals surface area contributed by atoms with Gasteiger partial charge in [-0.1, -0.05) is 5.92 Å². The van der Waals surface area contributed by atoms with Gasteiger partial charge in [-0.25, -0.2) is 17.6 Å². The van der Waals surface area contributed by atoms with Gasteiger partial charge in [0.05, 0.1) is 4.90 Å². The van der Waals surface area contributed by atoms with Crippen LogP contribution >= 0.6 is 0 Å². The molecule has 0 bridgehead atoms. The zero-order chi connectivity index (χ0) is 13.8. The van der Waals surface area contributed by atoms with Crippen molar-refractivity contribution in [2.45, 2.75) is 4.90 Å². The van der Waals surface area contributed by atoms with Gasteiger partial charge in [0.1, 0.15) is 5.75 Å². The van der Waals surface area contributed by atoms with Gasteiger partial charge in [0.25, 0.3) is 0 Å². The molecule has 0 atom stereocenters. The Morgan fingerprint density at radius 1 is 1.50 bits per heavy atom. The Bertz CT molecular complexity index is 600. The quantitative estimate of drug-likeness (QED) is 0.798. The number of carboxylic acid groups (broad SMARTS) is 1. The number of carboxylic acids is 1. The number of carbonyl (C=O) groups is 1. The summed E-state index contributed by atoms with van der Waals surface area (Å²) in [7, 11) is -3.73. The fraction of sp³-hybridized carbons (Fsp3) is 0.182. The molecular weight excluding hydrogens is 263 g/mol. The monoisotopic (exact) mass is 272 g/mol. The summed E-state index contributed by atoms with van der Waals surface area (Å²) in [6.45, 7) is -0.715. The number of halogens is 1. The van der Waals surface area contributed by atoms with Crippen LogP contribution in [0.4, 0.5) is 4.39 Å². The van der Waals surface area contributed by atoms with E-state index < -0.39 is 34.0 Å². The predicted octanol–water partition coefficient (Wildman–Crippen LogP) is 0.696. The van der Waals surface area contributed by atoms with Crippen molar-refractivity contribution >= 4 is 15.8 Å². The minimum Gasteiger partial charge on any atom is -0.479 e. The maximum atomic E-state index is 13.4. The highest BCUT2D eigenvalue weighted by atomic mass is 32.2. The van der Waals surface area contributed by atoms with Gasteiger partial charge in [-0.05, 0) is 18.2 Å². The van der Waals surface area contributed by atoms with Gasteiger partial charge < -0.3 is 9.84 Å². The summed E-state index contributed by atoms with van der Waals surface area (Å²) in [5.74, 6) is -1.14. The van der Waals surface area contributed by atoms with E-state index in [2.05, 4.69) is 4.74 Å². The Balaban J connectivity index is 3.00. The van der Waals surface area contributed by atoms with Crippen LogP contribution in [0.1, 0.15) is 0 Å². The molecule has 0 fully saturated rings. The van der Waals surface area contributed by atoms with E-state index in [0.29, 0.717) is 0 Å². The van der Waals surface area contributed by atoms with E-state index in [1.807, 2.05) is 5.92 Å². The molecule has 0 spiro atoms. The number of rotatable bonds is 5. The number of terminal acetylenes is 1. The lowest BCUT2D eigenvalue weighted by molar-refractivity contribution is -0.139. The molecule has 0 aliphatic heterocycles. The Hall–Kier alpha value is -2.07. The second kappa shape index (κ2) is 5.51. The molecule has 1 aromatic carbocycles. The van der Waals surface area contributed by atoms with Crippen molar-refractivity contribution in [1.29, 1.82) is 0 Å². The highest BCUT2D eigenvalue weighted by molar-refractivity contribution is 7.91. The van der Waals surface area contributed by atoms with Crippen LogP contribution in [-0.4, -0.2) is 31.9 Å². The Kier molecular flexibility index (Phi) is 4.28. The molecule has 0 saturated heterocycles. The fourth-order valence-electron chi connectivity index (χ4n) is 1.12. The first-order valence-corrected chi connectivity index (χ1v) is 6.32. The zero-order valence-electron chi connectivity index (χ0n) is 9.09. The number of benzene rings is 1. The molecule has 1 N–H and O–H groups in total. The third-order valence-corrected chi connectivity index (χ3v) is 3.41. The average molecular weight is 272 g/mol. The first-order valence-electron chi connectivity index (χ1n) is 4.67. The number of sulfone groups is 1. The molecule has 0 heterocycles. The number of hydrogen-bond acceptors (Lipinski definition) is 4. The SMILES string of the molecule is C#CCS(=O)(=O)c1ccc(OCC(=O)O)c(F)c1. The molecule has 18 heavy (non-hydrogen) atoms. The van der Waals surface area contributed by atoms with E-state index in [4.69, 9.17) is 11.5 Å². The summed E-state index contributed by atoms with van der Waals surface area (Å²) in [6, 6.07) is 2.89. The van der Waals surface area contributed by atoms with Crippen molar-refractivity contribution in [2.75, 3.05) is 12.4 Å². The summed E-state index contributed by atoms with van der Waals surface area (Å²) in [6.07, 6.45) is 4.89. The molecule has 0 aliphatic rings. The first-order chi connectivity index (χ1) is 8.36. The van der Waals surface area contributed by atoms with Crippen molar-refractivity contribution in [3.63, 3.8) is 0 Å². The van der Waals surface area contributed by atoms with E-state index in [1.165, 1.54) is 0 Å². The lowest BCUT2D eigenvalue weighted by Gasteiger charge is -2.06. The Morgan fingerprint density at radius 2 is 2.17 bits per heavy atom. The second-order valence-corrected chi connectivity index (χ2v) is 5.23. The van der Waals surface area contributed by atoms with Crippen LogP contribution in [0, 0.1) is 18.2 Å². The molecule has 0 amide bonds. The third kappa shape index (κ3) is 3.46. The Labute approximate surface area is 103 Å². The van der Waals surface area contributed by atoms with Crippen LogP contribution in [0.5, 0.6) is 5.75 Å². The van der Waals surface area contributed by atoms with Crippen LogP contribution in [0.25, 0.3) is 0 Å². The zero-order valence-corrected chi connectivity index (χ0v) is 9.91. The Morgan fingerprint density at radius 3 is 2.67 bits per heavy atom. The minimum atomic E-state index is -3.73. The number of ether oxygens (including phenoxy) is 1. The lowest BCUT2D eigenvalue weighted by Crippen LogP contribution is -2.11. The number of hydrogen-bond donors (Lipinski definition) is 1. The van der Waals surface area contributed by atoms with Crippen molar-refractivity contribution in [1.82, 2.24) is 0 Å². The van der Waals surface area contributed by atoms with E-state index in [-0.39, 0.29) is 10.6 Å². The minimum absolute atomic E-state index is 0.277. The third-order valence-electron chi connectivity index (χ3n) is 1.89. The smallest absolute Gasteiger partial charge is 0.341 e. The summed E-state index contributed by atoms with van der Waals surface area (Å²) in [5.41, 5.74) is 0. The van der Waals surface area contributed by atoms with Crippen molar-refractivity contribution in [2.24, 2.45) is 0 Å². The van der Waals surface area contributed by atoms with Crippen LogP contribution in [0.2, 0.25) is 0 Å². The van der Waals surface area contributed by atoms with Gasteiger partial charge in [0.15, 0.2) is 28.0 Å². The van der Waals surface area contributed by atoms with E-state index >= 15 is 0 Å². The van der Waals surface area contributed by atoms with E-state index in [9.17, 15) is 17.6 Å². The molecule has 1 aromatic rings. The molecule has 96 valence electrons. The van der Waals surface area contributed by atoms with Crippen LogP contribution < -0.4 is 4.74 Å². The molecule has 0 saturated carbocycles. The standard InChI is InChI=1S/C11H9FO5S/c1-2-5-18(15,16)8-3-4-10(9(12)6-8)17-7-11(13)14/h1,3-4,6H,5,7H2,(H,13,14). The van der Waals surface area contributed by atoms with Crippen LogP contribution in [0.15, 0.2) is 23.1 Å². The van der Waals surface area contributed by atoms with Crippen LogP contribution in [0.3, 0.4) is 0 Å². The van der Waals surface area contributed by atoms with E-state index in [1.54, 1.807) is 0 Å². The maximum Gasteiger partial charge on any atom is 0.341 e. The maximum absolute atomic E-state index is 13.4. The van der Waals surface area contributed by atoms with Gasteiger partial charge in [-0.3, -0.25) is 0 Å². The van der Waals surface area contributed by atoms with Crippen LogP contribution in [-0.2, 0) is 14.6 Å². The molecule has 5 nitrogen and oxygen atoms in total. The highest BCUT2D eigenvalue weighted by Crippen LogP contribution is 2.21. The highest BCUT2D eigenvalue weighted by Gasteiger charge is 2.16. The molecular formula is C11H9FO5S. The van der Waals surface area contributed by atoms with E-state index in [0.717, 1.165) is 18.2 Å². The second-order valence-electron chi connectivity index (χ2n) is 3.24. The van der Waals surface area contributed by atoms with Gasteiger partial charge in [-0.15, -0.1) is 6.42 Å². The molecule has 1 rings (SSSR count). The summed E-state index contributed by atoms with van der Waals surface area (Å²) < 4.78 is 41.1. The molecule has 0 aromatic heterocycles. The molecule has 0 unspecified atom stereocenters. The average Bonchev–Trinajstić information content (AvgIpc) is 2.27. The van der Waals surface area contributed by atoms with Gasteiger partial charge in [-0.2, -0.15) is 0 Å². The topological polar surface area (TPSA) is 80.7 Å². The lowest BCUT2D eigenvalue weighted by atomic mass is 10.3. The van der Waals surface area contributed by atoms with Crippen molar-refractivity contribution < 1.29 is 27.4 Å². The normalized spacial score (nSPS) is 10.7. The summed E-state index contributed by atoms with van der Waals surface area (Å²) in [5, 5.41) is 8.35. The largest absolute Gasteiger partial charge is 0.479 e. The summed E-state index contributed by atoms with van der Waals surface area (Å²) in [4.78, 5) is 9.95. The summed E-state index contributed by atoms with van der Waals surface area (Å²) >= 11 is 0. The molecule has 0 radical (unpaired) electrons. The fourth-order valence-corrected chi connectivity index (χ4v) is 2.07. The van der Waals surface area contributed by atoms with Gasteiger partial charge in [0.2, 0.25) is 0 Å². The van der Waals surface area contributed by atoms with Gasteiger partial charge >= 0.3 is 5.97 Å². The first kappa shape index (κ1) is 14.0. The van der Waals surface area contributed by atoms with Crippen molar-refractivity contribution in [3.05, 3.63) is 24.0 Å². The molecule has 7 heteroatoms.